The number of H-pyrrole nitrogens is 1. The fourth-order valence-electron chi connectivity index (χ4n) is 6.33. The maximum Gasteiger partial charge on any atom is 0.417 e. The Hall–Kier alpha value is -3.45. The fraction of sp³-hybridized carbons (Fsp3) is 0.407. The minimum Gasteiger partial charge on any atom is -0.380 e. The second-order valence-electron chi connectivity index (χ2n) is 10.9. The van der Waals surface area contributed by atoms with Gasteiger partial charge in [0.25, 0.3) is 15.9 Å². The topological polar surface area (TPSA) is 115 Å². The first-order chi connectivity index (χ1) is 18.9. The average molecular weight is 579 g/mol. The Balaban J connectivity index is 1.48. The summed E-state index contributed by atoms with van der Waals surface area (Å²) in [5, 5.41) is 19.6. The molecule has 3 aliphatic rings. The Morgan fingerprint density at radius 1 is 1.05 bits per heavy atom. The molecular weight excluding hydrogens is 552 g/mol. The zero-order valence-electron chi connectivity index (χ0n) is 21.1. The number of carbonyl (C=O) groups is 1. The van der Waals surface area contributed by atoms with E-state index in [1.165, 1.54) is 22.6 Å². The normalized spacial score (nSPS) is 26.6. The van der Waals surface area contributed by atoms with E-state index in [2.05, 4.69) is 15.5 Å². The van der Waals surface area contributed by atoms with Crippen LogP contribution in [-0.4, -0.2) is 47.4 Å². The zero-order valence-corrected chi connectivity index (χ0v) is 21.9. The van der Waals surface area contributed by atoms with Gasteiger partial charge in [-0.1, -0.05) is 0 Å². The van der Waals surface area contributed by atoms with Gasteiger partial charge < -0.3 is 10.4 Å². The van der Waals surface area contributed by atoms with Crippen LogP contribution in [0.4, 0.5) is 29.1 Å². The van der Waals surface area contributed by atoms with Crippen molar-refractivity contribution in [3.05, 3.63) is 71.7 Å². The first kappa shape index (κ1) is 26.8. The number of aromatic amines is 1. The number of carbonyl (C=O) groups excluding carboxylic acids is 1. The minimum atomic E-state index is -4.84. The van der Waals surface area contributed by atoms with E-state index in [4.69, 9.17) is 0 Å². The van der Waals surface area contributed by atoms with Crippen molar-refractivity contribution >= 4 is 27.4 Å². The number of amides is 1. The number of anilines is 2. The van der Waals surface area contributed by atoms with E-state index >= 15 is 0 Å². The van der Waals surface area contributed by atoms with Crippen molar-refractivity contribution < 1.29 is 35.9 Å². The summed E-state index contributed by atoms with van der Waals surface area (Å²) >= 11 is 0. The maximum atomic E-state index is 14.1. The van der Waals surface area contributed by atoms with Crippen molar-refractivity contribution in [3.63, 3.8) is 0 Å². The molecule has 1 unspecified atom stereocenters. The van der Waals surface area contributed by atoms with Crippen LogP contribution < -0.4 is 9.62 Å². The third kappa shape index (κ3) is 4.17. The van der Waals surface area contributed by atoms with Gasteiger partial charge in [-0.15, -0.1) is 0 Å². The van der Waals surface area contributed by atoms with E-state index in [1.807, 2.05) is 0 Å². The van der Waals surface area contributed by atoms with Crippen molar-refractivity contribution in [2.75, 3.05) is 9.62 Å². The number of aliphatic hydroxyl groups is 1. The largest absolute Gasteiger partial charge is 0.417 e. The van der Waals surface area contributed by atoms with Crippen molar-refractivity contribution in [3.8, 4) is 0 Å². The highest BCUT2D eigenvalue weighted by molar-refractivity contribution is 7.92. The van der Waals surface area contributed by atoms with Crippen LogP contribution in [0.15, 0.2) is 59.6 Å². The lowest BCUT2D eigenvalue weighted by Gasteiger charge is -2.47. The van der Waals surface area contributed by atoms with Crippen LogP contribution >= 0.6 is 0 Å². The van der Waals surface area contributed by atoms with Gasteiger partial charge in [-0.05, 0) is 92.5 Å². The Labute approximate surface area is 227 Å². The van der Waals surface area contributed by atoms with Crippen LogP contribution in [0.5, 0.6) is 0 Å². The molecule has 1 aliphatic heterocycles. The lowest BCUT2D eigenvalue weighted by Crippen LogP contribution is -2.56. The molecule has 3 aromatic rings. The number of aromatic nitrogens is 2. The highest BCUT2D eigenvalue weighted by Gasteiger charge is 2.64. The zero-order chi connectivity index (χ0) is 28.5. The SMILES string of the molecule is O=C(Nc1ccn[nH]1)c1ccc2c(c1)C1(CCC(O)(C(F)(F)F)CC1)C(C1CC1)N2S(=O)(=O)c1ccc(F)cc1. The quantitative estimate of drug-likeness (QED) is 0.373. The summed E-state index contributed by atoms with van der Waals surface area (Å²) in [5.41, 5.74) is -3.02. The first-order valence-corrected chi connectivity index (χ1v) is 14.3. The van der Waals surface area contributed by atoms with E-state index in [0.29, 0.717) is 24.2 Å². The van der Waals surface area contributed by atoms with E-state index in [0.717, 1.165) is 24.3 Å². The molecule has 2 heterocycles. The van der Waals surface area contributed by atoms with Gasteiger partial charge in [0.05, 0.1) is 22.8 Å². The Morgan fingerprint density at radius 2 is 1.73 bits per heavy atom. The molecule has 3 N–H and O–H groups in total. The summed E-state index contributed by atoms with van der Waals surface area (Å²) in [7, 11) is -4.26. The molecule has 8 nitrogen and oxygen atoms in total. The number of nitrogens with one attached hydrogen (secondary N) is 2. The minimum absolute atomic E-state index is 0.123. The number of rotatable bonds is 5. The molecule has 2 fully saturated rings. The molecular formula is C27H26F4N4O4S. The molecule has 0 saturated heterocycles. The van der Waals surface area contributed by atoms with Crippen LogP contribution in [0.3, 0.4) is 0 Å². The van der Waals surface area contributed by atoms with E-state index < -0.39 is 57.8 Å². The summed E-state index contributed by atoms with van der Waals surface area (Å²) < 4.78 is 84.4. The standard InChI is InChI=1S/C27H26F4N4O4S/c28-18-4-6-19(7-5-18)40(38,39)35-21-8-3-17(24(36)33-22-9-14-32-34-22)15-20(21)25(23(35)16-1-2-16)10-12-26(37,13-11-25)27(29,30)31/h3-9,14-16,23,37H,1-2,10-13H2,(H2,32,33,34,36). The first-order valence-electron chi connectivity index (χ1n) is 12.9. The number of halogens is 4. The molecule has 0 radical (unpaired) electrons. The molecule has 2 aromatic carbocycles. The summed E-state index contributed by atoms with van der Waals surface area (Å²) in [6.45, 7) is 0. The van der Waals surface area contributed by atoms with E-state index in [1.54, 1.807) is 12.1 Å². The van der Waals surface area contributed by atoms with Crippen molar-refractivity contribution in [2.24, 2.45) is 5.92 Å². The Kier molecular flexibility index (Phi) is 6.04. The molecule has 1 aromatic heterocycles. The van der Waals surface area contributed by atoms with Gasteiger partial charge in [-0.3, -0.25) is 14.2 Å². The van der Waals surface area contributed by atoms with E-state index in [9.17, 15) is 35.9 Å². The maximum absolute atomic E-state index is 14.1. The summed E-state index contributed by atoms with van der Waals surface area (Å²) in [4.78, 5) is 12.9. The Morgan fingerprint density at radius 3 is 2.30 bits per heavy atom. The van der Waals surface area contributed by atoms with Gasteiger partial charge in [-0.25, -0.2) is 12.8 Å². The van der Waals surface area contributed by atoms with Crippen molar-refractivity contribution in [1.82, 2.24) is 10.2 Å². The average Bonchev–Trinajstić information content (AvgIpc) is 3.54. The number of hydrogen-bond acceptors (Lipinski definition) is 5. The van der Waals surface area contributed by atoms with Gasteiger partial charge in [0.2, 0.25) is 0 Å². The second-order valence-corrected chi connectivity index (χ2v) is 12.7. The fourth-order valence-corrected chi connectivity index (χ4v) is 8.13. The molecule has 1 atom stereocenters. The lowest BCUT2D eigenvalue weighted by molar-refractivity contribution is -0.273. The smallest absolute Gasteiger partial charge is 0.380 e. The van der Waals surface area contributed by atoms with Crippen LogP contribution in [0.2, 0.25) is 0 Å². The highest BCUT2D eigenvalue weighted by atomic mass is 32.2. The number of sulfonamides is 1. The van der Waals surface area contributed by atoms with E-state index in [-0.39, 0.29) is 34.9 Å². The molecule has 1 spiro atoms. The monoisotopic (exact) mass is 578 g/mol. The van der Waals surface area contributed by atoms with Gasteiger partial charge in [0.15, 0.2) is 5.60 Å². The third-order valence-electron chi connectivity index (χ3n) is 8.54. The second kappa shape index (κ2) is 9.03. The summed E-state index contributed by atoms with van der Waals surface area (Å²) in [6, 6.07) is 9.76. The van der Waals surface area contributed by atoms with Crippen molar-refractivity contribution in [1.29, 1.82) is 0 Å². The third-order valence-corrected chi connectivity index (χ3v) is 10.3. The number of nitrogens with zero attached hydrogens (tertiary/aromatic N) is 2. The number of benzene rings is 2. The number of fused-ring (bicyclic) bond motifs is 2. The van der Waals surface area contributed by atoms with Gasteiger partial charge in [-0.2, -0.15) is 18.3 Å². The lowest BCUT2D eigenvalue weighted by atomic mass is 9.61. The Bertz CT molecular complexity index is 1550. The molecule has 13 heteroatoms. The number of alkyl halides is 3. The molecule has 2 saturated carbocycles. The number of hydrogen-bond donors (Lipinski definition) is 3. The predicted molar refractivity (Wildman–Crippen MR) is 137 cm³/mol. The summed E-state index contributed by atoms with van der Waals surface area (Å²) in [6.07, 6.45) is -3.47. The van der Waals surface area contributed by atoms with Crippen molar-refractivity contribution in [2.45, 2.75) is 66.7 Å². The summed E-state index contributed by atoms with van der Waals surface area (Å²) in [5.74, 6) is -0.901. The van der Waals surface area contributed by atoms with Gasteiger partial charge in [0.1, 0.15) is 11.6 Å². The van der Waals surface area contributed by atoms with Crippen LogP contribution in [0.1, 0.15) is 54.4 Å². The molecule has 212 valence electrons. The molecule has 6 rings (SSSR count). The molecule has 40 heavy (non-hydrogen) atoms. The van der Waals surface area contributed by atoms with Gasteiger partial charge in [0, 0.05) is 17.0 Å². The highest BCUT2D eigenvalue weighted by Crippen LogP contribution is 2.62. The predicted octanol–water partition coefficient (Wildman–Crippen LogP) is 4.89. The van der Waals surface area contributed by atoms with Gasteiger partial charge >= 0.3 is 6.18 Å². The van der Waals surface area contributed by atoms with Crippen LogP contribution in [0.25, 0.3) is 0 Å². The van der Waals surface area contributed by atoms with Crippen LogP contribution in [0, 0.1) is 11.7 Å². The van der Waals surface area contributed by atoms with Crippen LogP contribution in [-0.2, 0) is 15.4 Å². The molecule has 2 aliphatic carbocycles. The molecule has 1 amide bonds. The molecule has 0 bridgehead atoms.